The van der Waals surface area contributed by atoms with Gasteiger partial charge in [-0.2, -0.15) is 0 Å². The molecule has 0 radical (unpaired) electrons. The van der Waals surface area contributed by atoms with Gasteiger partial charge < -0.3 is 5.73 Å². The lowest BCUT2D eigenvalue weighted by atomic mass is 10.1. The Kier molecular flexibility index (Phi) is 3.63. The lowest BCUT2D eigenvalue weighted by molar-refractivity contribution is 0.593. The fourth-order valence-electron chi connectivity index (χ4n) is 1.89. The van der Waals surface area contributed by atoms with Crippen LogP contribution >= 0.6 is 0 Å². The lowest BCUT2D eigenvalue weighted by Gasteiger charge is -2.20. The number of nitrogen functional groups attached to an aromatic ring is 1. The number of hydrogen-bond donors (Lipinski definition) is 1. The predicted molar refractivity (Wildman–Crippen MR) is 77.9 cm³/mol. The van der Waals surface area contributed by atoms with Gasteiger partial charge in [0.05, 0.1) is 18.1 Å². The summed E-state index contributed by atoms with van der Waals surface area (Å²) >= 11 is 0. The van der Waals surface area contributed by atoms with E-state index in [0.29, 0.717) is 5.69 Å². The van der Waals surface area contributed by atoms with Crippen molar-refractivity contribution < 1.29 is 8.42 Å². The van der Waals surface area contributed by atoms with Crippen LogP contribution in [0, 0.1) is 13.8 Å². The Morgan fingerprint density at radius 3 is 2.05 bits per heavy atom. The van der Waals surface area contributed by atoms with Gasteiger partial charge in [-0.1, -0.05) is 6.07 Å². The van der Waals surface area contributed by atoms with Gasteiger partial charge in [-0.25, -0.2) is 18.4 Å². The first-order valence-electron chi connectivity index (χ1n) is 5.95. The van der Waals surface area contributed by atoms with Crippen LogP contribution in [0.2, 0.25) is 0 Å². The Labute approximate surface area is 118 Å². The molecule has 106 valence electrons. The van der Waals surface area contributed by atoms with Crippen molar-refractivity contribution in [2.45, 2.75) is 18.7 Å². The molecule has 2 rings (SSSR count). The summed E-state index contributed by atoms with van der Waals surface area (Å²) in [4.78, 5) is 7.44. The minimum absolute atomic E-state index is 0.00774. The van der Waals surface area contributed by atoms with Gasteiger partial charge in [0.1, 0.15) is 4.90 Å². The van der Waals surface area contributed by atoms with Crippen LogP contribution in [0.5, 0.6) is 0 Å². The second-order valence-electron chi connectivity index (χ2n) is 4.60. The number of rotatable bonds is 3. The van der Waals surface area contributed by atoms with E-state index in [0.717, 1.165) is 11.1 Å². The van der Waals surface area contributed by atoms with Crippen molar-refractivity contribution in [3.63, 3.8) is 0 Å². The Hall–Kier alpha value is -2.15. The number of nitrogens with two attached hydrogens (primary N) is 1. The number of aryl methyl sites for hydroxylation is 2. The minimum atomic E-state index is -3.69. The van der Waals surface area contributed by atoms with Crippen LogP contribution in [0.1, 0.15) is 11.1 Å². The van der Waals surface area contributed by atoms with Gasteiger partial charge in [-0.05, 0) is 37.1 Å². The van der Waals surface area contributed by atoms with Crippen LogP contribution in [0.3, 0.4) is 0 Å². The van der Waals surface area contributed by atoms with E-state index < -0.39 is 10.0 Å². The molecule has 7 heteroatoms. The zero-order valence-corrected chi connectivity index (χ0v) is 12.3. The maximum atomic E-state index is 12.5. The summed E-state index contributed by atoms with van der Waals surface area (Å²) < 4.78 is 26.2. The number of nitrogens with zero attached hydrogens (tertiary/aromatic N) is 3. The smallest absolute Gasteiger partial charge is 0.267 e. The Bertz CT molecular complexity index is 706. The Morgan fingerprint density at radius 2 is 1.55 bits per heavy atom. The van der Waals surface area contributed by atoms with Gasteiger partial charge in [0, 0.05) is 7.05 Å². The normalized spacial score (nSPS) is 11.3. The minimum Gasteiger partial charge on any atom is -0.368 e. The van der Waals surface area contributed by atoms with E-state index in [-0.39, 0.29) is 10.8 Å². The predicted octanol–water partition coefficient (Wildman–Crippen LogP) is 1.50. The molecular weight excluding hydrogens is 276 g/mol. The highest BCUT2D eigenvalue weighted by molar-refractivity contribution is 7.92. The highest BCUT2D eigenvalue weighted by Gasteiger charge is 2.22. The first kappa shape index (κ1) is 14.3. The molecule has 0 spiro atoms. The van der Waals surface area contributed by atoms with Gasteiger partial charge in [0.25, 0.3) is 10.0 Å². The van der Waals surface area contributed by atoms with E-state index >= 15 is 0 Å². The summed E-state index contributed by atoms with van der Waals surface area (Å²) in [5.41, 5.74) is 7.95. The average Bonchev–Trinajstić information content (AvgIpc) is 2.37. The van der Waals surface area contributed by atoms with E-state index in [1.165, 1.54) is 23.7 Å². The highest BCUT2D eigenvalue weighted by Crippen LogP contribution is 2.23. The summed E-state index contributed by atoms with van der Waals surface area (Å²) in [5, 5.41) is 0. The molecule has 0 aliphatic heterocycles. The number of anilines is 2. The van der Waals surface area contributed by atoms with Gasteiger partial charge in [0.15, 0.2) is 0 Å². The van der Waals surface area contributed by atoms with E-state index in [9.17, 15) is 8.42 Å². The maximum absolute atomic E-state index is 12.5. The zero-order chi connectivity index (χ0) is 14.9. The maximum Gasteiger partial charge on any atom is 0.267 e. The third-order valence-corrected chi connectivity index (χ3v) is 4.62. The monoisotopic (exact) mass is 292 g/mol. The van der Waals surface area contributed by atoms with Crippen molar-refractivity contribution in [1.29, 1.82) is 0 Å². The molecule has 1 heterocycles. The molecule has 2 aromatic rings. The van der Waals surface area contributed by atoms with Gasteiger partial charge >= 0.3 is 0 Å². The van der Waals surface area contributed by atoms with Crippen molar-refractivity contribution >= 4 is 21.7 Å². The molecule has 6 nitrogen and oxygen atoms in total. The molecule has 0 atom stereocenters. The molecule has 0 unspecified atom stereocenters. The molecule has 0 aliphatic rings. The second kappa shape index (κ2) is 5.09. The van der Waals surface area contributed by atoms with Crippen LogP contribution < -0.4 is 10.0 Å². The van der Waals surface area contributed by atoms with Crippen LogP contribution in [-0.4, -0.2) is 25.4 Å². The van der Waals surface area contributed by atoms with E-state index in [1.807, 2.05) is 32.0 Å². The van der Waals surface area contributed by atoms with Crippen LogP contribution in [0.25, 0.3) is 0 Å². The van der Waals surface area contributed by atoms with Gasteiger partial charge in [-0.15, -0.1) is 0 Å². The van der Waals surface area contributed by atoms with Gasteiger partial charge in [-0.3, -0.25) is 4.31 Å². The Morgan fingerprint density at radius 1 is 1.05 bits per heavy atom. The van der Waals surface area contributed by atoms with Crippen molar-refractivity contribution in [2.24, 2.45) is 0 Å². The standard InChI is InChI=1S/C13H16N4O2S/c1-9-4-10(2)6-11(5-9)17(3)20(18,19)12-7-15-13(14)16-8-12/h4-8H,1-3H3,(H2,14,15,16). The molecule has 0 bridgehead atoms. The van der Waals surface area contributed by atoms with Crippen LogP contribution in [0.15, 0.2) is 35.5 Å². The van der Waals surface area contributed by atoms with E-state index in [2.05, 4.69) is 9.97 Å². The zero-order valence-electron chi connectivity index (χ0n) is 11.5. The number of hydrogen-bond acceptors (Lipinski definition) is 5. The molecule has 0 fully saturated rings. The SMILES string of the molecule is Cc1cc(C)cc(N(C)S(=O)(=O)c2cnc(N)nc2)c1. The van der Waals surface area contributed by atoms with Crippen molar-refractivity contribution in [1.82, 2.24) is 9.97 Å². The fourth-order valence-corrected chi connectivity index (χ4v) is 2.96. The van der Waals surface area contributed by atoms with E-state index in [4.69, 9.17) is 5.73 Å². The lowest BCUT2D eigenvalue weighted by Crippen LogP contribution is -2.27. The quantitative estimate of drug-likeness (QED) is 0.926. The number of benzene rings is 1. The molecule has 2 N–H and O–H groups in total. The van der Waals surface area contributed by atoms with Crippen LogP contribution in [-0.2, 0) is 10.0 Å². The van der Waals surface area contributed by atoms with Crippen molar-refractivity contribution in [2.75, 3.05) is 17.1 Å². The third-order valence-electron chi connectivity index (χ3n) is 2.88. The van der Waals surface area contributed by atoms with Crippen molar-refractivity contribution in [3.05, 3.63) is 41.7 Å². The summed E-state index contributed by atoms with van der Waals surface area (Å²) in [6, 6.07) is 5.60. The molecule has 0 aliphatic carbocycles. The summed E-state index contributed by atoms with van der Waals surface area (Å²) in [6.07, 6.45) is 2.41. The molecule has 20 heavy (non-hydrogen) atoms. The highest BCUT2D eigenvalue weighted by atomic mass is 32.2. The molecule has 0 saturated carbocycles. The molecular formula is C13H16N4O2S. The number of aromatic nitrogens is 2. The third kappa shape index (κ3) is 2.72. The summed E-state index contributed by atoms with van der Waals surface area (Å²) in [5.74, 6) is 0.0398. The topological polar surface area (TPSA) is 89.2 Å². The second-order valence-corrected chi connectivity index (χ2v) is 6.56. The molecule has 1 aromatic carbocycles. The molecule has 1 aromatic heterocycles. The molecule has 0 saturated heterocycles. The number of sulfonamides is 1. The fraction of sp³-hybridized carbons (Fsp3) is 0.231. The van der Waals surface area contributed by atoms with Crippen molar-refractivity contribution in [3.8, 4) is 0 Å². The van der Waals surface area contributed by atoms with Gasteiger partial charge in [0.2, 0.25) is 5.95 Å². The first-order valence-corrected chi connectivity index (χ1v) is 7.39. The Balaban J connectivity index is 2.45. The van der Waals surface area contributed by atoms with Crippen LogP contribution in [0.4, 0.5) is 11.6 Å². The molecule has 0 amide bonds. The summed E-state index contributed by atoms with van der Waals surface area (Å²) in [7, 11) is -2.19. The average molecular weight is 292 g/mol. The largest absolute Gasteiger partial charge is 0.368 e. The van der Waals surface area contributed by atoms with E-state index in [1.54, 1.807) is 0 Å². The summed E-state index contributed by atoms with van der Waals surface area (Å²) in [6.45, 7) is 3.84. The first-order chi connectivity index (χ1) is 9.30.